The van der Waals surface area contributed by atoms with E-state index in [2.05, 4.69) is 4.74 Å². The van der Waals surface area contributed by atoms with E-state index in [-0.39, 0.29) is 4.90 Å². The van der Waals surface area contributed by atoms with Crippen molar-refractivity contribution < 1.29 is 22.7 Å². The van der Waals surface area contributed by atoms with E-state index >= 15 is 0 Å². The van der Waals surface area contributed by atoms with Crippen LogP contribution in [-0.2, 0) is 19.6 Å². The molecule has 0 unspecified atom stereocenters. The molecule has 0 saturated carbocycles. The van der Waals surface area contributed by atoms with Gasteiger partial charge in [0.05, 0.1) is 24.3 Å². The zero-order chi connectivity index (χ0) is 19.2. The van der Waals surface area contributed by atoms with Gasteiger partial charge in [-0.15, -0.1) is 11.8 Å². The Morgan fingerprint density at radius 3 is 2.19 bits per heavy atom. The minimum absolute atomic E-state index is 0.105. The van der Waals surface area contributed by atoms with Gasteiger partial charge in [-0.3, -0.25) is 9.10 Å². The lowest BCUT2D eigenvalue weighted by molar-refractivity contribution is -0.138. The maximum Gasteiger partial charge on any atom is 0.326 e. The van der Waals surface area contributed by atoms with Gasteiger partial charge in [-0.25, -0.2) is 8.42 Å². The number of sulfonamides is 1. The van der Waals surface area contributed by atoms with Crippen molar-refractivity contribution in [3.8, 4) is 5.75 Å². The Labute approximate surface area is 158 Å². The molecule has 140 valence electrons. The lowest BCUT2D eigenvalue weighted by atomic mass is 10.3. The van der Waals surface area contributed by atoms with Gasteiger partial charge in [0.2, 0.25) is 0 Å². The van der Waals surface area contributed by atoms with Gasteiger partial charge in [-0.2, -0.15) is 0 Å². The van der Waals surface area contributed by atoms with Gasteiger partial charge in [0.1, 0.15) is 12.3 Å². The van der Waals surface area contributed by atoms with Crippen LogP contribution < -0.4 is 9.04 Å². The smallest absolute Gasteiger partial charge is 0.326 e. The molecule has 8 heteroatoms. The average Bonchev–Trinajstić information content (AvgIpc) is 2.66. The number of methoxy groups -OCH3 is 1. The highest BCUT2D eigenvalue weighted by Crippen LogP contribution is 2.27. The van der Waals surface area contributed by atoms with Gasteiger partial charge in [0, 0.05) is 4.90 Å². The quantitative estimate of drug-likeness (QED) is 0.505. The molecule has 0 aliphatic heterocycles. The van der Waals surface area contributed by atoms with Crippen LogP contribution in [0.2, 0.25) is 0 Å². The van der Waals surface area contributed by atoms with Gasteiger partial charge < -0.3 is 9.47 Å². The number of nitrogens with zero attached hydrogens (tertiary/aromatic N) is 1. The third-order valence-corrected chi connectivity index (χ3v) is 6.12. The number of rotatable bonds is 8. The monoisotopic (exact) mass is 395 g/mol. The normalized spacial score (nSPS) is 11.0. The number of carbonyl (C=O) groups excluding carboxylic acids is 1. The Morgan fingerprint density at radius 2 is 1.69 bits per heavy atom. The Balaban J connectivity index is 2.43. The molecule has 2 aromatic carbocycles. The van der Waals surface area contributed by atoms with Crippen LogP contribution in [0.3, 0.4) is 0 Å². The molecule has 0 fully saturated rings. The summed E-state index contributed by atoms with van der Waals surface area (Å²) in [6.07, 6.45) is 1.91. The molecule has 0 N–H and O–H groups in total. The number of benzene rings is 2. The van der Waals surface area contributed by atoms with Crippen LogP contribution in [0.25, 0.3) is 0 Å². The van der Waals surface area contributed by atoms with Crippen molar-refractivity contribution in [3.05, 3.63) is 48.5 Å². The fourth-order valence-electron chi connectivity index (χ4n) is 2.25. The van der Waals surface area contributed by atoms with E-state index < -0.39 is 22.5 Å². The van der Waals surface area contributed by atoms with Gasteiger partial charge in [0.25, 0.3) is 10.0 Å². The average molecular weight is 396 g/mol. The number of esters is 1. The summed E-state index contributed by atoms with van der Waals surface area (Å²) >= 11 is 1.52. The zero-order valence-corrected chi connectivity index (χ0v) is 16.5. The topological polar surface area (TPSA) is 72.9 Å². The van der Waals surface area contributed by atoms with Gasteiger partial charge >= 0.3 is 5.97 Å². The molecule has 0 radical (unpaired) electrons. The van der Waals surface area contributed by atoms with E-state index in [1.807, 2.05) is 13.2 Å². The first-order valence-electron chi connectivity index (χ1n) is 7.88. The molecular weight excluding hydrogens is 374 g/mol. The van der Waals surface area contributed by atoms with Crippen LogP contribution in [0.1, 0.15) is 6.92 Å². The standard InChI is InChI=1S/C18H21NO5S2/c1-4-24-15-7-5-14(6-8-15)19(13-18(20)23-2)26(21,22)17-11-9-16(25-3)10-12-17/h5-12H,4,13H2,1-3H3. The van der Waals surface area contributed by atoms with E-state index in [1.165, 1.54) is 31.0 Å². The van der Waals surface area contributed by atoms with Crippen molar-refractivity contribution in [2.45, 2.75) is 16.7 Å². The van der Waals surface area contributed by atoms with Crippen LogP contribution in [0.5, 0.6) is 5.75 Å². The predicted octanol–water partition coefficient (Wildman–Crippen LogP) is 3.18. The first-order chi connectivity index (χ1) is 12.4. The van der Waals surface area contributed by atoms with Crippen LogP contribution in [-0.4, -0.2) is 40.9 Å². The zero-order valence-electron chi connectivity index (χ0n) is 14.8. The van der Waals surface area contributed by atoms with E-state index in [0.29, 0.717) is 18.0 Å². The summed E-state index contributed by atoms with van der Waals surface area (Å²) in [6, 6.07) is 13.0. The van der Waals surface area contributed by atoms with Gasteiger partial charge in [-0.05, 0) is 61.7 Å². The van der Waals surface area contributed by atoms with Crippen molar-refractivity contribution in [1.29, 1.82) is 0 Å². The Kier molecular flexibility index (Phi) is 6.93. The Morgan fingerprint density at radius 1 is 1.08 bits per heavy atom. The summed E-state index contributed by atoms with van der Waals surface area (Å²) in [5, 5.41) is 0. The first-order valence-corrected chi connectivity index (χ1v) is 10.5. The molecule has 0 saturated heterocycles. The molecule has 0 aromatic heterocycles. The lowest BCUT2D eigenvalue weighted by Crippen LogP contribution is -2.36. The van der Waals surface area contributed by atoms with Crippen molar-refractivity contribution in [2.24, 2.45) is 0 Å². The SMILES string of the molecule is CCOc1ccc(N(CC(=O)OC)S(=O)(=O)c2ccc(SC)cc2)cc1. The molecular formula is C18H21NO5S2. The number of thioether (sulfide) groups is 1. The third-order valence-electron chi connectivity index (χ3n) is 3.58. The lowest BCUT2D eigenvalue weighted by Gasteiger charge is -2.23. The van der Waals surface area contributed by atoms with Crippen LogP contribution in [0, 0.1) is 0 Å². The minimum Gasteiger partial charge on any atom is -0.494 e. The van der Waals surface area contributed by atoms with Gasteiger partial charge in [-0.1, -0.05) is 0 Å². The highest BCUT2D eigenvalue weighted by atomic mass is 32.2. The van der Waals surface area contributed by atoms with E-state index in [1.54, 1.807) is 36.4 Å². The summed E-state index contributed by atoms with van der Waals surface area (Å²) in [7, 11) is -2.71. The molecule has 0 spiro atoms. The molecule has 0 amide bonds. The molecule has 0 aliphatic rings. The fourth-order valence-corrected chi connectivity index (χ4v) is 4.06. The van der Waals surface area contributed by atoms with Crippen LogP contribution in [0.15, 0.2) is 58.3 Å². The minimum atomic E-state index is -3.93. The van der Waals surface area contributed by atoms with Gasteiger partial charge in [0.15, 0.2) is 0 Å². The maximum absolute atomic E-state index is 13.1. The maximum atomic E-state index is 13.1. The number of ether oxygens (including phenoxy) is 2. The molecule has 6 nitrogen and oxygen atoms in total. The van der Waals surface area contributed by atoms with E-state index in [9.17, 15) is 13.2 Å². The summed E-state index contributed by atoms with van der Waals surface area (Å²) in [4.78, 5) is 12.8. The second-order valence-electron chi connectivity index (χ2n) is 5.19. The summed E-state index contributed by atoms with van der Waals surface area (Å²) < 4.78 is 37.2. The number of carbonyl (C=O) groups is 1. The van der Waals surface area contributed by atoms with Crippen molar-refractivity contribution in [2.75, 3.05) is 30.8 Å². The summed E-state index contributed by atoms with van der Waals surface area (Å²) in [5.41, 5.74) is 0.354. The number of hydrogen-bond acceptors (Lipinski definition) is 6. The molecule has 26 heavy (non-hydrogen) atoms. The fraction of sp³-hybridized carbons (Fsp3) is 0.278. The van der Waals surface area contributed by atoms with Crippen molar-refractivity contribution >= 4 is 33.4 Å². The molecule has 0 heterocycles. The van der Waals surface area contributed by atoms with Crippen LogP contribution >= 0.6 is 11.8 Å². The molecule has 2 rings (SSSR count). The summed E-state index contributed by atoms with van der Waals surface area (Å²) in [5.74, 6) is -0.0285. The largest absolute Gasteiger partial charge is 0.494 e. The molecule has 2 aromatic rings. The van der Waals surface area contributed by atoms with E-state index in [0.717, 1.165) is 9.20 Å². The Hall–Kier alpha value is -2.19. The van der Waals surface area contributed by atoms with Crippen molar-refractivity contribution in [3.63, 3.8) is 0 Å². The van der Waals surface area contributed by atoms with E-state index in [4.69, 9.17) is 4.74 Å². The summed E-state index contributed by atoms with van der Waals surface area (Å²) in [6.45, 7) is 1.95. The Bertz CT molecular complexity index is 833. The van der Waals surface area contributed by atoms with Crippen molar-refractivity contribution in [1.82, 2.24) is 0 Å². The first kappa shape index (κ1) is 20.1. The number of anilines is 1. The second kappa shape index (κ2) is 8.95. The third kappa shape index (κ3) is 4.70. The van der Waals surface area contributed by atoms with Crippen LogP contribution in [0.4, 0.5) is 5.69 Å². The number of hydrogen-bond donors (Lipinski definition) is 0. The molecule has 0 aliphatic carbocycles. The molecule has 0 atom stereocenters. The highest BCUT2D eigenvalue weighted by Gasteiger charge is 2.27. The second-order valence-corrected chi connectivity index (χ2v) is 7.93. The highest BCUT2D eigenvalue weighted by molar-refractivity contribution is 7.98. The molecule has 0 bridgehead atoms. The predicted molar refractivity (Wildman–Crippen MR) is 102 cm³/mol.